The van der Waals surface area contributed by atoms with E-state index in [9.17, 15) is 14.7 Å². The lowest BCUT2D eigenvalue weighted by Gasteiger charge is -2.11. The van der Waals surface area contributed by atoms with Crippen LogP contribution in [0.5, 0.6) is 5.75 Å². The highest BCUT2D eigenvalue weighted by atomic mass is 16.4. The number of rotatable bonds is 6. The van der Waals surface area contributed by atoms with E-state index in [-0.39, 0.29) is 11.7 Å². The fraction of sp³-hybridized carbons (Fsp3) is 0.429. The Kier molecular flexibility index (Phi) is 3.74. The van der Waals surface area contributed by atoms with Gasteiger partial charge in [-0.15, -0.1) is 0 Å². The molecule has 5 heteroatoms. The van der Waals surface area contributed by atoms with Gasteiger partial charge in [-0.1, -0.05) is 12.1 Å². The predicted octanol–water partition coefficient (Wildman–Crippen LogP) is 1.75. The van der Waals surface area contributed by atoms with Crippen LogP contribution in [0.1, 0.15) is 18.4 Å². The van der Waals surface area contributed by atoms with E-state index < -0.39 is 23.8 Å². The average Bonchev–Trinajstić information content (AvgIpc) is 3.11. The Bertz CT molecular complexity index is 479. The van der Waals surface area contributed by atoms with Crippen LogP contribution in [0.3, 0.4) is 0 Å². The Balaban J connectivity index is 1.93. The highest BCUT2D eigenvalue weighted by Crippen LogP contribution is 2.46. The summed E-state index contributed by atoms with van der Waals surface area (Å²) in [5.41, 5.74) is 0.941. The fourth-order valence-corrected chi connectivity index (χ4v) is 2.45. The SMILES string of the molecule is O=C(O)C(CCc1ccc(O)cc1)C1CC1C(=O)O. The van der Waals surface area contributed by atoms with Gasteiger partial charge in [-0.05, 0) is 42.9 Å². The lowest BCUT2D eigenvalue weighted by Crippen LogP contribution is -2.19. The second kappa shape index (κ2) is 5.30. The zero-order valence-electron chi connectivity index (χ0n) is 10.3. The fourth-order valence-electron chi connectivity index (χ4n) is 2.45. The number of benzene rings is 1. The van der Waals surface area contributed by atoms with Crippen molar-refractivity contribution in [2.45, 2.75) is 19.3 Å². The molecule has 102 valence electrons. The molecule has 0 amide bonds. The molecule has 1 aromatic rings. The van der Waals surface area contributed by atoms with Gasteiger partial charge >= 0.3 is 11.9 Å². The van der Waals surface area contributed by atoms with Gasteiger partial charge in [0.05, 0.1) is 11.8 Å². The first-order valence-corrected chi connectivity index (χ1v) is 6.22. The van der Waals surface area contributed by atoms with Gasteiger partial charge in [-0.3, -0.25) is 9.59 Å². The number of hydrogen-bond donors (Lipinski definition) is 3. The van der Waals surface area contributed by atoms with Crippen molar-refractivity contribution < 1.29 is 24.9 Å². The number of phenolic OH excluding ortho intramolecular Hbond substituents is 1. The van der Waals surface area contributed by atoms with Crippen molar-refractivity contribution in [3.8, 4) is 5.75 Å². The van der Waals surface area contributed by atoms with Crippen LogP contribution >= 0.6 is 0 Å². The van der Waals surface area contributed by atoms with Gasteiger partial charge in [-0.2, -0.15) is 0 Å². The lowest BCUT2D eigenvalue weighted by molar-refractivity contribution is -0.143. The molecule has 3 N–H and O–H groups in total. The third-order valence-corrected chi connectivity index (χ3v) is 3.67. The maximum atomic E-state index is 11.2. The standard InChI is InChI=1S/C14H16O5/c15-9-4-1-8(2-5-9)3-6-10(13(16)17)11-7-12(11)14(18)19/h1-2,4-5,10-12,15H,3,6-7H2,(H,16,17)(H,18,19). The molecule has 19 heavy (non-hydrogen) atoms. The minimum Gasteiger partial charge on any atom is -0.508 e. The Morgan fingerprint density at radius 2 is 1.84 bits per heavy atom. The monoisotopic (exact) mass is 264 g/mol. The third kappa shape index (κ3) is 3.24. The van der Waals surface area contributed by atoms with Crippen LogP contribution in [0.2, 0.25) is 0 Å². The lowest BCUT2D eigenvalue weighted by atomic mass is 9.94. The Morgan fingerprint density at radius 3 is 2.32 bits per heavy atom. The number of aliphatic carboxylic acids is 2. The van der Waals surface area contributed by atoms with E-state index >= 15 is 0 Å². The highest BCUT2D eigenvalue weighted by molar-refractivity contribution is 5.77. The first-order chi connectivity index (χ1) is 8.99. The number of carboxylic acid groups (broad SMARTS) is 2. The van der Waals surface area contributed by atoms with Crippen molar-refractivity contribution >= 4 is 11.9 Å². The van der Waals surface area contributed by atoms with Gasteiger partial charge in [0.2, 0.25) is 0 Å². The normalized spacial score (nSPS) is 22.7. The number of aryl methyl sites for hydroxylation is 1. The Labute approximate surface area is 110 Å². The second-order valence-corrected chi connectivity index (χ2v) is 4.99. The number of carboxylic acids is 2. The van der Waals surface area contributed by atoms with Gasteiger partial charge in [0.1, 0.15) is 5.75 Å². The summed E-state index contributed by atoms with van der Waals surface area (Å²) in [6.45, 7) is 0. The molecule has 1 saturated carbocycles. The number of phenols is 1. The van der Waals surface area contributed by atoms with E-state index in [0.717, 1.165) is 5.56 Å². The van der Waals surface area contributed by atoms with Crippen molar-refractivity contribution in [3.05, 3.63) is 29.8 Å². The van der Waals surface area contributed by atoms with E-state index in [1.807, 2.05) is 0 Å². The first kappa shape index (κ1) is 13.4. The minimum atomic E-state index is -0.924. The molecule has 0 radical (unpaired) electrons. The highest BCUT2D eigenvalue weighted by Gasteiger charge is 2.50. The summed E-state index contributed by atoms with van der Waals surface area (Å²) >= 11 is 0. The summed E-state index contributed by atoms with van der Waals surface area (Å²) in [5.74, 6) is -3.00. The zero-order valence-corrected chi connectivity index (χ0v) is 10.3. The number of aromatic hydroxyl groups is 1. The largest absolute Gasteiger partial charge is 0.508 e. The molecular weight excluding hydrogens is 248 g/mol. The van der Waals surface area contributed by atoms with Gasteiger partial charge in [0, 0.05) is 0 Å². The zero-order chi connectivity index (χ0) is 14.0. The molecule has 1 fully saturated rings. The first-order valence-electron chi connectivity index (χ1n) is 6.22. The van der Waals surface area contributed by atoms with Crippen molar-refractivity contribution in [1.29, 1.82) is 0 Å². The molecule has 3 atom stereocenters. The van der Waals surface area contributed by atoms with Gasteiger partial charge in [0.25, 0.3) is 0 Å². The van der Waals surface area contributed by atoms with Crippen molar-refractivity contribution in [1.82, 2.24) is 0 Å². The molecule has 1 aromatic carbocycles. The predicted molar refractivity (Wildman–Crippen MR) is 66.8 cm³/mol. The molecule has 0 aliphatic heterocycles. The summed E-state index contributed by atoms with van der Waals surface area (Å²) in [6, 6.07) is 6.61. The average molecular weight is 264 g/mol. The molecule has 0 heterocycles. The van der Waals surface area contributed by atoms with Gasteiger partial charge in [0.15, 0.2) is 0 Å². The molecule has 0 bridgehead atoms. The molecule has 1 aliphatic carbocycles. The summed E-state index contributed by atoms with van der Waals surface area (Å²) in [5, 5.41) is 27.2. The summed E-state index contributed by atoms with van der Waals surface area (Å²) < 4.78 is 0. The maximum Gasteiger partial charge on any atom is 0.306 e. The molecule has 0 aromatic heterocycles. The molecule has 0 spiro atoms. The van der Waals surface area contributed by atoms with E-state index in [2.05, 4.69) is 0 Å². The summed E-state index contributed by atoms with van der Waals surface area (Å²) in [4.78, 5) is 22.0. The molecule has 2 rings (SSSR count). The van der Waals surface area contributed by atoms with Crippen molar-refractivity contribution in [2.24, 2.45) is 17.8 Å². The van der Waals surface area contributed by atoms with Gasteiger partial charge < -0.3 is 15.3 Å². The van der Waals surface area contributed by atoms with Crippen LogP contribution in [0, 0.1) is 17.8 Å². The minimum absolute atomic E-state index is 0.173. The van der Waals surface area contributed by atoms with Crippen LogP contribution < -0.4 is 0 Å². The summed E-state index contributed by atoms with van der Waals surface area (Å²) in [7, 11) is 0. The second-order valence-electron chi connectivity index (χ2n) is 4.99. The van der Waals surface area contributed by atoms with Crippen LogP contribution in [0.15, 0.2) is 24.3 Å². The topological polar surface area (TPSA) is 94.8 Å². The number of hydrogen-bond acceptors (Lipinski definition) is 3. The Morgan fingerprint density at radius 1 is 1.21 bits per heavy atom. The van der Waals surface area contributed by atoms with Crippen LogP contribution in [0.25, 0.3) is 0 Å². The third-order valence-electron chi connectivity index (χ3n) is 3.67. The van der Waals surface area contributed by atoms with Crippen LogP contribution in [0.4, 0.5) is 0 Å². The molecule has 1 aliphatic rings. The molecular formula is C14H16O5. The van der Waals surface area contributed by atoms with E-state index in [1.165, 1.54) is 0 Å². The van der Waals surface area contributed by atoms with Crippen LogP contribution in [-0.2, 0) is 16.0 Å². The van der Waals surface area contributed by atoms with Crippen LogP contribution in [-0.4, -0.2) is 27.3 Å². The summed E-state index contributed by atoms with van der Waals surface area (Å²) in [6.07, 6.45) is 1.45. The van der Waals surface area contributed by atoms with E-state index in [1.54, 1.807) is 24.3 Å². The van der Waals surface area contributed by atoms with Gasteiger partial charge in [-0.25, -0.2) is 0 Å². The number of carbonyl (C=O) groups is 2. The molecule has 0 saturated heterocycles. The van der Waals surface area contributed by atoms with E-state index in [4.69, 9.17) is 10.2 Å². The van der Waals surface area contributed by atoms with E-state index in [0.29, 0.717) is 19.3 Å². The quantitative estimate of drug-likeness (QED) is 0.727. The Hall–Kier alpha value is -2.04. The molecule has 3 unspecified atom stereocenters. The van der Waals surface area contributed by atoms with Crippen molar-refractivity contribution in [2.75, 3.05) is 0 Å². The maximum absolute atomic E-state index is 11.2. The van der Waals surface area contributed by atoms with Crippen molar-refractivity contribution in [3.63, 3.8) is 0 Å². The smallest absolute Gasteiger partial charge is 0.306 e. The molecule has 5 nitrogen and oxygen atoms in total.